The van der Waals surface area contributed by atoms with Gasteiger partial charge in [-0.1, -0.05) is 188 Å². The van der Waals surface area contributed by atoms with Gasteiger partial charge < -0.3 is 4.90 Å². The van der Waals surface area contributed by atoms with Gasteiger partial charge in [0.25, 0.3) is 0 Å². The number of hydrogen-bond donors (Lipinski definition) is 0. The standard InChI is InChI=1S/C54H45N/c1-5-22-45(23-6-1)53(46-24-7-2-8-25-46)32-16-18-42-34-37-50(38-35-42)55(52-39-36-44-21-13-14-30-49(44)41-52)51-31-15-19-43(40-51)20-17-33-54(47-26-9-3-10-27-47)48-28-11-4-12-29-48/h1-12,15-20,22-29,31-41H,13-14,21,30H2. The second-order valence-electron chi connectivity index (χ2n) is 14.0. The molecule has 55 heavy (non-hydrogen) atoms. The topological polar surface area (TPSA) is 3.24 Å². The Kier molecular flexibility index (Phi) is 11.2. The van der Waals surface area contributed by atoms with E-state index in [1.165, 1.54) is 69.5 Å². The lowest BCUT2D eigenvalue weighted by atomic mass is 9.91. The van der Waals surface area contributed by atoms with E-state index in [0.717, 1.165) is 28.9 Å². The molecule has 266 valence electrons. The Balaban J connectivity index is 1.11. The van der Waals surface area contributed by atoms with E-state index in [1.54, 1.807) is 0 Å². The molecule has 1 heteroatoms. The summed E-state index contributed by atoms with van der Waals surface area (Å²) >= 11 is 0. The van der Waals surface area contributed by atoms with Crippen molar-refractivity contribution in [1.29, 1.82) is 0 Å². The maximum Gasteiger partial charge on any atom is 0.0467 e. The first-order valence-corrected chi connectivity index (χ1v) is 19.4. The van der Waals surface area contributed by atoms with Crippen LogP contribution in [0, 0.1) is 0 Å². The van der Waals surface area contributed by atoms with E-state index in [-0.39, 0.29) is 0 Å². The highest BCUT2D eigenvalue weighted by atomic mass is 15.1. The predicted octanol–water partition coefficient (Wildman–Crippen LogP) is 14.3. The molecule has 0 amide bonds. The number of allylic oxidation sites excluding steroid dienone is 4. The molecule has 1 aliphatic carbocycles. The minimum absolute atomic E-state index is 1.13. The highest BCUT2D eigenvalue weighted by Crippen LogP contribution is 2.37. The summed E-state index contributed by atoms with van der Waals surface area (Å²) in [6, 6.07) is 67.3. The maximum absolute atomic E-state index is 2.42. The first kappa shape index (κ1) is 35.3. The second kappa shape index (κ2) is 17.4. The fourth-order valence-electron chi connectivity index (χ4n) is 7.51. The van der Waals surface area contributed by atoms with Crippen molar-refractivity contribution in [2.24, 2.45) is 0 Å². The van der Waals surface area contributed by atoms with Crippen LogP contribution in [0.15, 0.2) is 212 Å². The van der Waals surface area contributed by atoms with Gasteiger partial charge in [-0.2, -0.15) is 0 Å². The summed E-state index contributed by atoms with van der Waals surface area (Å²) in [7, 11) is 0. The van der Waals surface area contributed by atoms with Crippen molar-refractivity contribution in [3.8, 4) is 0 Å². The highest BCUT2D eigenvalue weighted by Gasteiger charge is 2.16. The van der Waals surface area contributed by atoms with Gasteiger partial charge in [0.15, 0.2) is 0 Å². The van der Waals surface area contributed by atoms with Crippen LogP contribution in [0.4, 0.5) is 17.1 Å². The van der Waals surface area contributed by atoms with Crippen molar-refractivity contribution in [1.82, 2.24) is 0 Å². The summed E-state index contributed by atoms with van der Waals surface area (Å²) in [5.74, 6) is 0. The van der Waals surface area contributed by atoms with E-state index < -0.39 is 0 Å². The summed E-state index contributed by atoms with van der Waals surface area (Å²) in [5.41, 5.74) is 15.9. The van der Waals surface area contributed by atoms with Gasteiger partial charge in [-0.05, 0) is 118 Å². The number of hydrogen-bond acceptors (Lipinski definition) is 1. The quantitative estimate of drug-likeness (QED) is 0.121. The molecular formula is C54H45N. The van der Waals surface area contributed by atoms with Crippen molar-refractivity contribution in [2.75, 3.05) is 4.90 Å². The SMILES string of the molecule is C(=Cc1ccc(N(c2cccc(C=CC=C(c3ccccc3)c3ccccc3)c2)c2ccc3c(c2)CCCC3)cc1)C=C(c1ccccc1)c1ccccc1. The molecule has 0 spiro atoms. The maximum atomic E-state index is 2.42. The van der Waals surface area contributed by atoms with E-state index in [4.69, 9.17) is 0 Å². The van der Waals surface area contributed by atoms with Gasteiger partial charge in [0.2, 0.25) is 0 Å². The van der Waals surface area contributed by atoms with Gasteiger partial charge in [0, 0.05) is 17.1 Å². The minimum atomic E-state index is 1.13. The lowest BCUT2D eigenvalue weighted by Crippen LogP contribution is -2.12. The van der Waals surface area contributed by atoms with E-state index >= 15 is 0 Å². The Morgan fingerprint density at radius 1 is 0.364 bits per heavy atom. The molecule has 0 unspecified atom stereocenters. The van der Waals surface area contributed by atoms with Crippen LogP contribution in [0.5, 0.6) is 0 Å². The lowest BCUT2D eigenvalue weighted by molar-refractivity contribution is 0.685. The molecule has 0 atom stereocenters. The van der Waals surface area contributed by atoms with Crippen LogP contribution in [0.3, 0.4) is 0 Å². The van der Waals surface area contributed by atoms with Crippen LogP contribution in [0.2, 0.25) is 0 Å². The predicted molar refractivity (Wildman–Crippen MR) is 236 cm³/mol. The number of aryl methyl sites for hydroxylation is 2. The van der Waals surface area contributed by atoms with E-state index in [2.05, 4.69) is 229 Å². The second-order valence-corrected chi connectivity index (χ2v) is 14.0. The monoisotopic (exact) mass is 707 g/mol. The number of rotatable bonds is 11. The van der Waals surface area contributed by atoms with Crippen LogP contribution in [-0.2, 0) is 12.8 Å². The van der Waals surface area contributed by atoms with Crippen LogP contribution in [0.1, 0.15) is 57.3 Å². The van der Waals surface area contributed by atoms with E-state index in [1.807, 2.05) is 0 Å². The minimum Gasteiger partial charge on any atom is -0.310 e. The third kappa shape index (κ3) is 8.75. The molecule has 8 rings (SSSR count). The van der Waals surface area contributed by atoms with Crippen LogP contribution < -0.4 is 4.90 Å². The normalized spacial score (nSPS) is 12.3. The van der Waals surface area contributed by atoms with Crippen LogP contribution >= 0.6 is 0 Å². The first-order valence-electron chi connectivity index (χ1n) is 19.4. The van der Waals surface area contributed by atoms with Crippen molar-refractivity contribution >= 4 is 40.4 Å². The summed E-state index contributed by atoms with van der Waals surface area (Å²) in [5, 5.41) is 0. The zero-order chi connectivity index (χ0) is 37.1. The Morgan fingerprint density at radius 2 is 0.818 bits per heavy atom. The average molecular weight is 708 g/mol. The molecule has 1 nitrogen and oxygen atoms in total. The van der Waals surface area contributed by atoms with Gasteiger partial charge in [0.05, 0.1) is 0 Å². The van der Waals surface area contributed by atoms with Gasteiger partial charge in [-0.15, -0.1) is 0 Å². The van der Waals surface area contributed by atoms with Gasteiger partial charge >= 0.3 is 0 Å². The Hall–Kier alpha value is -6.70. The number of benzene rings is 7. The third-order valence-electron chi connectivity index (χ3n) is 10.3. The molecule has 0 aromatic heterocycles. The fourth-order valence-corrected chi connectivity index (χ4v) is 7.51. The van der Waals surface area contributed by atoms with Gasteiger partial charge in [0.1, 0.15) is 0 Å². The molecule has 0 aliphatic heterocycles. The molecule has 0 bridgehead atoms. The van der Waals surface area contributed by atoms with Crippen LogP contribution in [0.25, 0.3) is 23.3 Å². The summed E-state index contributed by atoms with van der Waals surface area (Å²) in [6.07, 6.45) is 18.0. The van der Waals surface area contributed by atoms with Crippen LogP contribution in [-0.4, -0.2) is 0 Å². The largest absolute Gasteiger partial charge is 0.310 e. The molecule has 0 saturated heterocycles. The zero-order valence-electron chi connectivity index (χ0n) is 31.1. The molecule has 0 heterocycles. The molecule has 1 aliphatic rings. The molecule has 7 aromatic carbocycles. The Morgan fingerprint density at radius 3 is 1.35 bits per heavy atom. The van der Waals surface area contributed by atoms with Crippen molar-refractivity contribution in [2.45, 2.75) is 25.7 Å². The Labute approximate surface area is 326 Å². The molecule has 0 saturated carbocycles. The molecule has 7 aromatic rings. The average Bonchev–Trinajstić information content (AvgIpc) is 3.26. The molecule has 0 N–H and O–H groups in total. The summed E-state index contributed by atoms with van der Waals surface area (Å²) in [4.78, 5) is 2.40. The number of fused-ring (bicyclic) bond motifs is 1. The van der Waals surface area contributed by atoms with Crippen molar-refractivity contribution in [3.05, 3.63) is 257 Å². The number of anilines is 3. The summed E-state index contributed by atoms with van der Waals surface area (Å²) < 4.78 is 0. The highest BCUT2D eigenvalue weighted by molar-refractivity contribution is 5.83. The van der Waals surface area contributed by atoms with Crippen molar-refractivity contribution < 1.29 is 0 Å². The molecule has 0 fully saturated rings. The summed E-state index contributed by atoms with van der Waals surface area (Å²) in [6.45, 7) is 0. The van der Waals surface area contributed by atoms with Crippen molar-refractivity contribution in [3.63, 3.8) is 0 Å². The fraction of sp³-hybridized carbons (Fsp3) is 0.0741. The zero-order valence-corrected chi connectivity index (χ0v) is 31.1. The van der Waals surface area contributed by atoms with Gasteiger partial charge in [-0.25, -0.2) is 0 Å². The third-order valence-corrected chi connectivity index (χ3v) is 10.3. The molecule has 0 radical (unpaired) electrons. The molecular weight excluding hydrogens is 663 g/mol. The van der Waals surface area contributed by atoms with Gasteiger partial charge in [-0.3, -0.25) is 0 Å². The van der Waals surface area contributed by atoms with E-state index in [0.29, 0.717) is 0 Å². The number of nitrogens with zero attached hydrogens (tertiary/aromatic N) is 1. The Bertz CT molecular complexity index is 2350. The smallest absolute Gasteiger partial charge is 0.0467 e. The lowest BCUT2D eigenvalue weighted by Gasteiger charge is -2.28. The first-order chi connectivity index (χ1) is 27.3. The van der Waals surface area contributed by atoms with E-state index in [9.17, 15) is 0 Å².